The van der Waals surface area contributed by atoms with E-state index in [9.17, 15) is 9.59 Å². The average molecular weight is 414 g/mol. The smallest absolute Gasteiger partial charge is 0.275 e. The molecule has 156 valence electrons. The fourth-order valence-electron chi connectivity index (χ4n) is 3.36. The van der Waals surface area contributed by atoms with Crippen molar-refractivity contribution in [2.24, 2.45) is 0 Å². The van der Waals surface area contributed by atoms with Crippen molar-refractivity contribution in [3.63, 3.8) is 0 Å². The molecule has 0 fully saturated rings. The number of benzene rings is 2. The highest BCUT2D eigenvalue weighted by Gasteiger charge is 2.12. The van der Waals surface area contributed by atoms with Crippen LogP contribution in [0.2, 0.25) is 0 Å². The maximum absolute atomic E-state index is 12.7. The molecule has 0 bridgehead atoms. The van der Waals surface area contributed by atoms with Crippen molar-refractivity contribution in [2.75, 3.05) is 7.11 Å². The van der Waals surface area contributed by atoms with Gasteiger partial charge in [-0.25, -0.2) is 15.0 Å². The number of hydrogen-bond acceptors (Lipinski definition) is 6. The van der Waals surface area contributed by atoms with E-state index in [0.29, 0.717) is 41.9 Å². The molecule has 0 aliphatic carbocycles. The van der Waals surface area contributed by atoms with Crippen molar-refractivity contribution < 1.29 is 9.53 Å². The predicted octanol–water partition coefficient (Wildman–Crippen LogP) is 3.30. The number of methoxy groups -OCH3 is 1. The number of carbonyl (C=O) groups excluding carboxylic acids is 1. The van der Waals surface area contributed by atoms with Gasteiger partial charge in [0.15, 0.2) is 5.65 Å². The number of carbonyl (C=O) groups is 1. The normalized spacial score (nSPS) is 10.9. The van der Waals surface area contributed by atoms with E-state index in [1.807, 2.05) is 55.5 Å². The van der Waals surface area contributed by atoms with Gasteiger partial charge < -0.3 is 4.74 Å². The van der Waals surface area contributed by atoms with Gasteiger partial charge in [0, 0.05) is 19.3 Å². The SMILES string of the molecule is CCC(=O)Cc1cccc(-n2c(=O)cnc3cnc(Cc4ccc(OC)cc4)nc32)c1. The molecule has 0 aliphatic rings. The molecule has 2 aromatic heterocycles. The number of ketones is 1. The van der Waals surface area contributed by atoms with Crippen molar-refractivity contribution in [2.45, 2.75) is 26.2 Å². The highest BCUT2D eigenvalue weighted by Crippen LogP contribution is 2.17. The zero-order valence-electron chi connectivity index (χ0n) is 17.4. The quantitative estimate of drug-likeness (QED) is 0.461. The Balaban J connectivity index is 1.75. The third kappa shape index (κ3) is 4.50. The Morgan fingerprint density at radius 2 is 1.84 bits per heavy atom. The van der Waals surface area contributed by atoms with Gasteiger partial charge in [-0.05, 0) is 35.4 Å². The van der Waals surface area contributed by atoms with Crippen LogP contribution in [0.25, 0.3) is 16.9 Å². The summed E-state index contributed by atoms with van der Waals surface area (Å²) in [6.07, 6.45) is 4.21. The number of nitrogens with zero attached hydrogens (tertiary/aromatic N) is 4. The molecule has 2 heterocycles. The summed E-state index contributed by atoms with van der Waals surface area (Å²) < 4.78 is 6.71. The van der Waals surface area contributed by atoms with E-state index >= 15 is 0 Å². The van der Waals surface area contributed by atoms with E-state index in [1.165, 1.54) is 10.8 Å². The van der Waals surface area contributed by atoms with Crippen LogP contribution < -0.4 is 10.3 Å². The summed E-state index contributed by atoms with van der Waals surface area (Å²) in [6, 6.07) is 15.1. The maximum atomic E-state index is 12.7. The zero-order chi connectivity index (χ0) is 21.8. The second kappa shape index (κ2) is 8.87. The Bertz CT molecular complexity index is 1300. The van der Waals surface area contributed by atoms with Crippen LogP contribution in [-0.4, -0.2) is 32.4 Å². The Kier molecular flexibility index (Phi) is 5.84. The molecule has 0 spiro atoms. The van der Waals surface area contributed by atoms with Crippen LogP contribution in [0, 0.1) is 0 Å². The van der Waals surface area contributed by atoms with Gasteiger partial charge >= 0.3 is 0 Å². The van der Waals surface area contributed by atoms with Crippen LogP contribution in [0.3, 0.4) is 0 Å². The molecule has 0 atom stereocenters. The van der Waals surface area contributed by atoms with Gasteiger partial charge in [-0.3, -0.25) is 14.2 Å². The summed E-state index contributed by atoms with van der Waals surface area (Å²) >= 11 is 0. The third-order valence-corrected chi connectivity index (χ3v) is 5.03. The first-order chi connectivity index (χ1) is 15.1. The molecule has 31 heavy (non-hydrogen) atoms. The second-order valence-corrected chi connectivity index (χ2v) is 7.19. The number of fused-ring (bicyclic) bond motifs is 1. The van der Waals surface area contributed by atoms with Gasteiger partial charge in [-0.15, -0.1) is 0 Å². The minimum atomic E-state index is -0.291. The molecule has 4 aromatic rings. The molecule has 7 nitrogen and oxygen atoms in total. The van der Waals surface area contributed by atoms with E-state index in [1.54, 1.807) is 13.3 Å². The van der Waals surface area contributed by atoms with Crippen LogP contribution >= 0.6 is 0 Å². The summed E-state index contributed by atoms with van der Waals surface area (Å²) in [7, 11) is 1.63. The Hall–Kier alpha value is -3.87. The largest absolute Gasteiger partial charge is 0.497 e. The molecule has 0 unspecified atom stereocenters. The van der Waals surface area contributed by atoms with Gasteiger partial charge in [0.25, 0.3) is 5.56 Å². The Morgan fingerprint density at radius 3 is 2.58 bits per heavy atom. The topological polar surface area (TPSA) is 87.0 Å². The molecule has 2 aromatic carbocycles. The molecule has 7 heteroatoms. The van der Waals surface area contributed by atoms with Crippen LogP contribution in [0.4, 0.5) is 0 Å². The highest BCUT2D eigenvalue weighted by atomic mass is 16.5. The number of rotatable bonds is 7. The second-order valence-electron chi connectivity index (χ2n) is 7.19. The van der Waals surface area contributed by atoms with E-state index in [2.05, 4.69) is 15.0 Å². The number of hydrogen-bond donors (Lipinski definition) is 0. The summed E-state index contributed by atoms with van der Waals surface area (Å²) in [5.74, 6) is 1.51. The summed E-state index contributed by atoms with van der Waals surface area (Å²) in [5, 5.41) is 0. The van der Waals surface area contributed by atoms with Crippen LogP contribution in [0.15, 0.2) is 65.7 Å². The van der Waals surface area contributed by atoms with Crippen molar-refractivity contribution in [1.29, 1.82) is 0 Å². The molecule has 0 radical (unpaired) electrons. The van der Waals surface area contributed by atoms with Crippen molar-refractivity contribution in [1.82, 2.24) is 19.5 Å². The van der Waals surface area contributed by atoms with Gasteiger partial charge in [0.05, 0.1) is 25.2 Å². The molecular formula is C24H22N4O3. The minimum Gasteiger partial charge on any atom is -0.497 e. The standard InChI is InChI=1S/C24H22N4O3/c1-3-19(29)12-17-5-4-6-18(11-17)28-23(30)15-25-21-14-26-22(27-24(21)28)13-16-7-9-20(31-2)10-8-16/h4-11,14-15H,3,12-13H2,1-2H3. The van der Waals surface area contributed by atoms with E-state index in [-0.39, 0.29) is 11.3 Å². The lowest BCUT2D eigenvalue weighted by Crippen LogP contribution is -2.20. The summed E-state index contributed by atoms with van der Waals surface area (Å²) in [6.45, 7) is 1.84. The summed E-state index contributed by atoms with van der Waals surface area (Å²) in [4.78, 5) is 37.8. The molecule has 0 saturated carbocycles. The number of Topliss-reactive ketones (excluding diaryl/α,β-unsaturated/α-hetero) is 1. The molecule has 0 N–H and O–H groups in total. The Labute approximate surface area is 179 Å². The predicted molar refractivity (Wildman–Crippen MR) is 118 cm³/mol. The molecular weight excluding hydrogens is 392 g/mol. The first-order valence-corrected chi connectivity index (χ1v) is 10.0. The Morgan fingerprint density at radius 1 is 1.03 bits per heavy atom. The lowest BCUT2D eigenvalue weighted by atomic mass is 10.1. The van der Waals surface area contributed by atoms with E-state index in [0.717, 1.165) is 16.9 Å². The van der Waals surface area contributed by atoms with E-state index in [4.69, 9.17) is 4.74 Å². The fraction of sp³-hybridized carbons (Fsp3) is 0.208. The van der Waals surface area contributed by atoms with E-state index < -0.39 is 0 Å². The van der Waals surface area contributed by atoms with Crippen LogP contribution in [0.5, 0.6) is 5.75 Å². The first kappa shape index (κ1) is 20.4. The lowest BCUT2D eigenvalue weighted by molar-refractivity contribution is -0.118. The molecule has 4 rings (SSSR count). The van der Waals surface area contributed by atoms with Gasteiger partial charge in [0.2, 0.25) is 0 Å². The first-order valence-electron chi connectivity index (χ1n) is 10.0. The van der Waals surface area contributed by atoms with Crippen molar-refractivity contribution >= 4 is 16.9 Å². The average Bonchev–Trinajstić information content (AvgIpc) is 2.79. The molecule has 0 saturated heterocycles. The number of aromatic nitrogens is 4. The van der Waals surface area contributed by atoms with Crippen molar-refractivity contribution in [3.8, 4) is 11.4 Å². The monoisotopic (exact) mass is 414 g/mol. The minimum absolute atomic E-state index is 0.146. The van der Waals surface area contributed by atoms with Gasteiger partial charge in [-0.1, -0.05) is 31.2 Å². The summed E-state index contributed by atoms with van der Waals surface area (Å²) in [5.41, 5.74) is 3.19. The number of ether oxygens (including phenoxy) is 1. The third-order valence-electron chi connectivity index (χ3n) is 5.03. The van der Waals surface area contributed by atoms with Gasteiger partial charge in [0.1, 0.15) is 22.9 Å². The van der Waals surface area contributed by atoms with Gasteiger partial charge in [-0.2, -0.15) is 0 Å². The molecule has 0 aliphatic heterocycles. The highest BCUT2D eigenvalue weighted by molar-refractivity contribution is 5.80. The zero-order valence-corrected chi connectivity index (χ0v) is 17.4. The van der Waals surface area contributed by atoms with Crippen molar-refractivity contribution in [3.05, 3.63) is 88.2 Å². The lowest BCUT2D eigenvalue weighted by Gasteiger charge is -2.11. The van der Waals surface area contributed by atoms with Crippen LogP contribution in [-0.2, 0) is 17.6 Å². The molecule has 0 amide bonds. The maximum Gasteiger partial charge on any atom is 0.275 e. The van der Waals surface area contributed by atoms with Crippen LogP contribution in [0.1, 0.15) is 30.3 Å². The fourth-order valence-corrected chi connectivity index (χ4v) is 3.36.